The topological polar surface area (TPSA) is 93.4 Å². The fourth-order valence-electron chi connectivity index (χ4n) is 2.35. The van der Waals surface area contributed by atoms with E-state index in [-0.39, 0.29) is 29.8 Å². The van der Waals surface area contributed by atoms with Crippen molar-refractivity contribution in [1.29, 1.82) is 0 Å². The fraction of sp³-hybridized carbons (Fsp3) is 0.467. The van der Waals surface area contributed by atoms with Gasteiger partial charge in [0.1, 0.15) is 0 Å². The SMILES string of the molecule is NC1COCC1C(=O)Nc1ccccc1C(=O)NC1CC1. The lowest BCUT2D eigenvalue weighted by Crippen LogP contribution is -2.37. The summed E-state index contributed by atoms with van der Waals surface area (Å²) in [6.45, 7) is 0.714. The number of amides is 2. The van der Waals surface area contributed by atoms with E-state index in [1.54, 1.807) is 24.3 Å². The number of anilines is 1. The van der Waals surface area contributed by atoms with Crippen LogP contribution in [0.25, 0.3) is 0 Å². The molecule has 2 aliphatic rings. The Balaban J connectivity index is 1.72. The second kappa shape index (κ2) is 5.83. The zero-order valence-corrected chi connectivity index (χ0v) is 11.7. The molecule has 1 heterocycles. The molecule has 0 radical (unpaired) electrons. The van der Waals surface area contributed by atoms with Gasteiger partial charge in [-0.3, -0.25) is 9.59 Å². The first-order valence-corrected chi connectivity index (χ1v) is 7.19. The van der Waals surface area contributed by atoms with Gasteiger partial charge >= 0.3 is 0 Å². The number of benzene rings is 1. The van der Waals surface area contributed by atoms with E-state index in [4.69, 9.17) is 10.5 Å². The van der Waals surface area contributed by atoms with Crippen LogP contribution in [-0.4, -0.2) is 37.1 Å². The van der Waals surface area contributed by atoms with Crippen molar-refractivity contribution in [3.05, 3.63) is 29.8 Å². The molecule has 0 aromatic heterocycles. The average molecular weight is 289 g/mol. The maximum Gasteiger partial charge on any atom is 0.253 e. The van der Waals surface area contributed by atoms with Crippen LogP contribution in [0.15, 0.2) is 24.3 Å². The molecule has 2 unspecified atom stereocenters. The third-order valence-corrected chi connectivity index (χ3v) is 3.80. The average Bonchev–Trinajstić information content (AvgIpc) is 3.17. The Morgan fingerprint density at radius 3 is 2.62 bits per heavy atom. The minimum Gasteiger partial charge on any atom is -0.379 e. The highest BCUT2D eigenvalue weighted by molar-refractivity contribution is 6.04. The van der Waals surface area contributed by atoms with Crippen molar-refractivity contribution in [3.8, 4) is 0 Å². The monoisotopic (exact) mass is 289 g/mol. The van der Waals surface area contributed by atoms with Gasteiger partial charge in [0.2, 0.25) is 5.91 Å². The summed E-state index contributed by atoms with van der Waals surface area (Å²) in [7, 11) is 0. The number of carbonyl (C=O) groups excluding carboxylic acids is 2. The Bertz CT molecular complexity index is 557. The molecule has 1 aliphatic heterocycles. The first-order valence-electron chi connectivity index (χ1n) is 7.19. The van der Waals surface area contributed by atoms with Gasteiger partial charge in [0.25, 0.3) is 5.91 Å². The van der Waals surface area contributed by atoms with Crippen molar-refractivity contribution in [2.24, 2.45) is 11.7 Å². The maximum absolute atomic E-state index is 12.2. The molecule has 112 valence electrons. The summed E-state index contributed by atoms with van der Waals surface area (Å²) in [6.07, 6.45) is 2.04. The molecule has 1 saturated carbocycles. The van der Waals surface area contributed by atoms with Crippen LogP contribution < -0.4 is 16.4 Å². The first kappa shape index (κ1) is 14.0. The van der Waals surface area contributed by atoms with E-state index in [1.165, 1.54) is 0 Å². The van der Waals surface area contributed by atoms with E-state index in [0.717, 1.165) is 12.8 Å². The predicted octanol–water partition coefficient (Wildman–Crippen LogP) is 0.491. The largest absolute Gasteiger partial charge is 0.379 e. The van der Waals surface area contributed by atoms with Crippen LogP contribution in [0, 0.1) is 5.92 Å². The van der Waals surface area contributed by atoms with Crippen LogP contribution in [0.4, 0.5) is 5.69 Å². The summed E-state index contributed by atoms with van der Waals surface area (Å²) in [5.74, 6) is -0.725. The summed E-state index contributed by atoms with van der Waals surface area (Å²) in [6, 6.07) is 6.98. The Kier molecular flexibility index (Phi) is 3.90. The van der Waals surface area contributed by atoms with Crippen molar-refractivity contribution >= 4 is 17.5 Å². The molecular weight excluding hydrogens is 270 g/mol. The van der Waals surface area contributed by atoms with Gasteiger partial charge in [-0.15, -0.1) is 0 Å². The number of ether oxygens (including phenoxy) is 1. The van der Waals surface area contributed by atoms with Crippen LogP contribution in [-0.2, 0) is 9.53 Å². The summed E-state index contributed by atoms with van der Waals surface area (Å²) in [4.78, 5) is 24.4. The normalized spacial score (nSPS) is 24.6. The molecule has 6 nitrogen and oxygen atoms in total. The lowest BCUT2D eigenvalue weighted by molar-refractivity contribution is -0.120. The molecule has 2 atom stereocenters. The van der Waals surface area contributed by atoms with Gasteiger partial charge in [-0.1, -0.05) is 12.1 Å². The van der Waals surface area contributed by atoms with Gasteiger partial charge in [-0.25, -0.2) is 0 Å². The van der Waals surface area contributed by atoms with Crippen LogP contribution in [0.3, 0.4) is 0 Å². The van der Waals surface area contributed by atoms with Gasteiger partial charge in [0, 0.05) is 12.1 Å². The summed E-state index contributed by atoms with van der Waals surface area (Å²) < 4.78 is 5.20. The smallest absolute Gasteiger partial charge is 0.253 e. The highest BCUT2D eigenvalue weighted by Crippen LogP contribution is 2.22. The number of nitrogens with two attached hydrogens (primary N) is 1. The Labute approximate surface area is 123 Å². The van der Waals surface area contributed by atoms with E-state index in [9.17, 15) is 9.59 Å². The van der Waals surface area contributed by atoms with Crippen LogP contribution in [0.5, 0.6) is 0 Å². The number of para-hydroxylation sites is 1. The second-order valence-electron chi connectivity index (χ2n) is 5.59. The van der Waals surface area contributed by atoms with Gasteiger partial charge in [-0.05, 0) is 25.0 Å². The molecule has 3 rings (SSSR count). The van der Waals surface area contributed by atoms with Crippen LogP contribution in [0.1, 0.15) is 23.2 Å². The van der Waals surface area contributed by atoms with Gasteiger partial charge in [0.15, 0.2) is 0 Å². The standard InChI is InChI=1S/C15H19N3O3/c16-12-8-21-7-11(12)15(20)18-13-4-2-1-3-10(13)14(19)17-9-5-6-9/h1-4,9,11-12H,5-8,16H2,(H,17,19)(H,18,20). The minimum atomic E-state index is -0.371. The van der Waals surface area contributed by atoms with E-state index < -0.39 is 0 Å². The molecule has 2 amide bonds. The van der Waals surface area contributed by atoms with Crippen LogP contribution >= 0.6 is 0 Å². The third-order valence-electron chi connectivity index (χ3n) is 3.80. The predicted molar refractivity (Wildman–Crippen MR) is 77.8 cm³/mol. The van der Waals surface area contributed by atoms with E-state index >= 15 is 0 Å². The van der Waals surface area contributed by atoms with Crippen molar-refractivity contribution < 1.29 is 14.3 Å². The molecule has 4 N–H and O–H groups in total. The third kappa shape index (κ3) is 3.22. The van der Waals surface area contributed by atoms with E-state index in [1.807, 2.05) is 0 Å². The van der Waals surface area contributed by atoms with Gasteiger partial charge in [0.05, 0.1) is 30.4 Å². The highest BCUT2D eigenvalue weighted by Gasteiger charge is 2.32. The zero-order chi connectivity index (χ0) is 14.8. The van der Waals surface area contributed by atoms with Crippen LogP contribution in [0.2, 0.25) is 0 Å². The lowest BCUT2D eigenvalue weighted by Gasteiger charge is -2.15. The van der Waals surface area contributed by atoms with Gasteiger partial charge in [-0.2, -0.15) is 0 Å². The quantitative estimate of drug-likeness (QED) is 0.752. The zero-order valence-electron chi connectivity index (χ0n) is 11.7. The minimum absolute atomic E-state index is 0.152. The molecule has 6 heteroatoms. The number of hydrogen-bond donors (Lipinski definition) is 3. The Morgan fingerprint density at radius 1 is 1.19 bits per heavy atom. The summed E-state index contributed by atoms with van der Waals surface area (Å²) in [5.41, 5.74) is 6.83. The molecule has 1 aromatic rings. The number of carbonyl (C=O) groups is 2. The molecule has 2 fully saturated rings. The van der Waals surface area contributed by atoms with Crippen molar-refractivity contribution in [2.75, 3.05) is 18.5 Å². The molecule has 1 aromatic carbocycles. The van der Waals surface area contributed by atoms with Crippen molar-refractivity contribution in [3.63, 3.8) is 0 Å². The van der Waals surface area contributed by atoms with Crippen molar-refractivity contribution in [2.45, 2.75) is 24.9 Å². The summed E-state index contributed by atoms with van der Waals surface area (Å²) >= 11 is 0. The highest BCUT2D eigenvalue weighted by atomic mass is 16.5. The molecule has 0 spiro atoms. The fourth-order valence-corrected chi connectivity index (χ4v) is 2.35. The Hall–Kier alpha value is -1.92. The van der Waals surface area contributed by atoms with Crippen molar-refractivity contribution in [1.82, 2.24) is 5.32 Å². The van der Waals surface area contributed by atoms with E-state index in [2.05, 4.69) is 10.6 Å². The Morgan fingerprint density at radius 2 is 1.95 bits per heavy atom. The number of nitrogens with one attached hydrogen (secondary N) is 2. The first-order chi connectivity index (χ1) is 10.1. The molecule has 0 bridgehead atoms. The molecule has 1 aliphatic carbocycles. The molecule has 1 saturated heterocycles. The molecule has 21 heavy (non-hydrogen) atoms. The van der Waals surface area contributed by atoms with Gasteiger partial charge < -0.3 is 21.1 Å². The summed E-state index contributed by atoms with van der Waals surface area (Å²) in [5, 5.41) is 5.72. The lowest BCUT2D eigenvalue weighted by atomic mass is 10.0. The number of hydrogen-bond acceptors (Lipinski definition) is 4. The second-order valence-corrected chi connectivity index (χ2v) is 5.59. The molecular formula is C15H19N3O3. The number of rotatable bonds is 4. The maximum atomic E-state index is 12.2. The van der Waals surface area contributed by atoms with E-state index in [0.29, 0.717) is 24.5 Å².